The zero-order valence-electron chi connectivity index (χ0n) is 13.9. The number of nitrogens with one attached hydrogen (secondary N) is 1. The van der Waals surface area contributed by atoms with Crippen LogP contribution in [0.5, 0.6) is 0 Å². The molecule has 1 amide bonds. The van der Waals surface area contributed by atoms with Crippen LogP contribution in [0.4, 0.5) is 4.39 Å². The van der Waals surface area contributed by atoms with Crippen molar-refractivity contribution in [3.8, 4) is 0 Å². The summed E-state index contributed by atoms with van der Waals surface area (Å²) in [7, 11) is 0. The molecule has 3 rings (SSSR count). The lowest BCUT2D eigenvalue weighted by molar-refractivity contribution is -0.136. The average Bonchev–Trinajstić information content (AvgIpc) is 2.64. The molecule has 0 radical (unpaired) electrons. The zero-order valence-corrected chi connectivity index (χ0v) is 13.9. The Balaban J connectivity index is 1.64. The highest BCUT2D eigenvalue weighted by atomic mass is 19.1. The molecule has 1 atom stereocenters. The monoisotopic (exact) mass is 343 g/mol. The van der Waals surface area contributed by atoms with Crippen LogP contribution in [0.3, 0.4) is 0 Å². The van der Waals surface area contributed by atoms with Crippen molar-refractivity contribution < 1.29 is 14.4 Å². The fourth-order valence-electron chi connectivity index (χ4n) is 3.30. The van der Waals surface area contributed by atoms with Crippen LogP contribution in [-0.2, 0) is 11.3 Å². The van der Waals surface area contributed by atoms with E-state index in [0.29, 0.717) is 19.6 Å². The molecule has 2 N–H and O–H groups in total. The second-order valence-corrected chi connectivity index (χ2v) is 6.23. The van der Waals surface area contributed by atoms with Crippen LogP contribution < -0.4 is 5.48 Å². The molecule has 0 aliphatic carbocycles. The molecule has 1 saturated heterocycles. The smallest absolute Gasteiger partial charge is 0.265 e. The van der Waals surface area contributed by atoms with Gasteiger partial charge in [0.25, 0.3) is 5.91 Å². The molecule has 5 nitrogen and oxygen atoms in total. The summed E-state index contributed by atoms with van der Waals surface area (Å²) >= 11 is 0. The number of piperazine rings is 1. The fourth-order valence-corrected chi connectivity index (χ4v) is 3.30. The Bertz CT molecular complexity index is 703. The maximum Gasteiger partial charge on any atom is 0.265 e. The molecule has 1 aliphatic rings. The molecular weight excluding hydrogens is 321 g/mol. The van der Waals surface area contributed by atoms with Gasteiger partial charge >= 0.3 is 0 Å². The Labute approximate surface area is 146 Å². The van der Waals surface area contributed by atoms with Gasteiger partial charge in [0.2, 0.25) is 0 Å². The first kappa shape index (κ1) is 17.5. The van der Waals surface area contributed by atoms with Gasteiger partial charge in [-0.2, -0.15) is 0 Å². The minimum atomic E-state index is -0.512. The molecule has 6 heteroatoms. The van der Waals surface area contributed by atoms with Gasteiger partial charge in [0.1, 0.15) is 11.9 Å². The highest BCUT2D eigenvalue weighted by Gasteiger charge is 2.30. The van der Waals surface area contributed by atoms with Gasteiger partial charge in [-0.25, -0.2) is 9.87 Å². The molecule has 0 bridgehead atoms. The normalized spacial score (nSPS) is 17.2. The molecule has 1 unspecified atom stereocenters. The molecule has 0 saturated carbocycles. The van der Waals surface area contributed by atoms with Crippen molar-refractivity contribution >= 4 is 5.91 Å². The van der Waals surface area contributed by atoms with Crippen LogP contribution in [0.25, 0.3) is 0 Å². The third kappa shape index (κ3) is 4.42. The third-order valence-corrected chi connectivity index (χ3v) is 4.54. The molecule has 1 heterocycles. The Morgan fingerprint density at radius 3 is 2.44 bits per heavy atom. The van der Waals surface area contributed by atoms with Gasteiger partial charge in [-0.15, -0.1) is 0 Å². The topological polar surface area (TPSA) is 55.8 Å². The second kappa shape index (κ2) is 8.20. The van der Waals surface area contributed by atoms with E-state index in [4.69, 9.17) is 5.21 Å². The molecule has 0 spiro atoms. The second-order valence-electron chi connectivity index (χ2n) is 6.23. The number of nitrogens with zero attached hydrogens (tertiary/aromatic N) is 2. The number of carbonyl (C=O) groups excluding carboxylic acids is 1. The predicted octanol–water partition coefficient (Wildman–Crippen LogP) is 2.19. The van der Waals surface area contributed by atoms with E-state index in [0.717, 1.165) is 24.2 Å². The summed E-state index contributed by atoms with van der Waals surface area (Å²) in [6, 6.07) is 15.6. The van der Waals surface area contributed by atoms with Gasteiger partial charge < -0.3 is 0 Å². The number of benzene rings is 2. The number of hydrogen-bond donors (Lipinski definition) is 2. The molecule has 0 aromatic heterocycles. The molecule has 25 heavy (non-hydrogen) atoms. The summed E-state index contributed by atoms with van der Waals surface area (Å²) in [4.78, 5) is 16.5. The number of carbonyl (C=O) groups is 1. The van der Waals surface area contributed by atoms with Gasteiger partial charge in [0, 0.05) is 32.7 Å². The van der Waals surface area contributed by atoms with Crippen LogP contribution in [0.2, 0.25) is 0 Å². The Morgan fingerprint density at radius 1 is 1.08 bits per heavy atom. The van der Waals surface area contributed by atoms with Crippen molar-refractivity contribution in [3.63, 3.8) is 0 Å². The molecule has 1 aliphatic heterocycles. The van der Waals surface area contributed by atoms with E-state index >= 15 is 0 Å². The van der Waals surface area contributed by atoms with E-state index in [2.05, 4.69) is 9.80 Å². The number of hydroxylamine groups is 1. The summed E-state index contributed by atoms with van der Waals surface area (Å²) in [5.41, 5.74) is 3.58. The van der Waals surface area contributed by atoms with E-state index in [1.54, 1.807) is 17.6 Å². The van der Waals surface area contributed by atoms with E-state index in [1.165, 1.54) is 6.07 Å². The predicted molar refractivity (Wildman–Crippen MR) is 92.4 cm³/mol. The molecular formula is C19H22FN3O2. The minimum Gasteiger partial charge on any atom is -0.297 e. The Hall–Kier alpha value is -2.28. The van der Waals surface area contributed by atoms with Gasteiger partial charge in [0.15, 0.2) is 0 Å². The van der Waals surface area contributed by atoms with Crippen molar-refractivity contribution in [2.24, 2.45) is 0 Å². The summed E-state index contributed by atoms with van der Waals surface area (Å²) in [5, 5.41) is 9.10. The van der Waals surface area contributed by atoms with E-state index in [1.807, 2.05) is 36.4 Å². The first-order chi connectivity index (χ1) is 12.2. The summed E-state index contributed by atoms with van der Waals surface area (Å²) in [5.74, 6) is -0.648. The Morgan fingerprint density at radius 2 is 1.80 bits per heavy atom. The SMILES string of the molecule is O=C(NO)C(c1ccccc1)N1CCN(Cc2cccc(F)c2)CC1. The van der Waals surface area contributed by atoms with E-state index < -0.39 is 11.9 Å². The first-order valence-electron chi connectivity index (χ1n) is 8.37. The lowest BCUT2D eigenvalue weighted by Crippen LogP contribution is -2.50. The van der Waals surface area contributed by atoms with Gasteiger partial charge in [-0.3, -0.25) is 19.8 Å². The number of amides is 1. The quantitative estimate of drug-likeness (QED) is 0.645. The van der Waals surface area contributed by atoms with Crippen LogP contribution in [0, 0.1) is 5.82 Å². The van der Waals surface area contributed by atoms with E-state index in [-0.39, 0.29) is 5.82 Å². The van der Waals surface area contributed by atoms with Crippen molar-refractivity contribution in [2.75, 3.05) is 26.2 Å². The van der Waals surface area contributed by atoms with Crippen molar-refractivity contribution in [3.05, 3.63) is 71.5 Å². The largest absolute Gasteiger partial charge is 0.297 e. The van der Waals surface area contributed by atoms with Crippen molar-refractivity contribution in [1.82, 2.24) is 15.3 Å². The van der Waals surface area contributed by atoms with Gasteiger partial charge in [-0.1, -0.05) is 42.5 Å². The van der Waals surface area contributed by atoms with Crippen molar-refractivity contribution in [1.29, 1.82) is 0 Å². The highest BCUT2D eigenvalue weighted by Crippen LogP contribution is 2.23. The summed E-state index contributed by atoms with van der Waals surface area (Å²) < 4.78 is 13.3. The Kier molecular flexibility index (Phi) is 5.75. The minimum absolute atomic E-state index is 0.222. The molecule has 132 valence electrons. The number of rotatable bonds is 5. The maximum absolute atomic E-state index is 13.3. The summed E-state index contributed by atoms with van der Waals surface area (Å²) in [6.07, 6.45) is 0. The number of halogens is 1. The molecule has 1 fully saturated rings. The average molecular weight is 343 g/mol. The highest BCUT2D eigenvalue weighted by molar-refractivity contribution is 5.82. The van der Waals surface area contributed by atoms with Crippen LogP contribution in [-0.4, -0.2) is 47.1 Å². The first-order valence-corrected chi connectivity index (χ1v) is 8.37. The standard InChI is InChI=1S/C19H22FN3O2/c20-17-8-4-5-15(13-17)14-22-9-11-23(12-10-22)18(19(24)21-25)16-6-2-1-3-7-16/h1-8,13,18,25H,9-12,14H2,(H,21,24). The van der Waals surface area contributed by atoms with E-state index in [9.17, 15) is 9.18 Å². The van der Waals surface area contributed by atoms with Crippen LogP contribution in [0.15, 0.2) is 54.6 Å². The fraction of sp³-hybridized carbons (Fsp3) is 0.316. The van der Waals surface area contributed by atoms with Gasteiger partial charge in [-0.05, 0) is 23.3 Å². The third-order valence-electron chi connectivity index (χ3n) is 4.54. The van der Waals surface area contributed by atoms with Crippen LogP contribution in [0.1, 0.15) is 17.2 Å². The summed E-state index contributed by atoms with van der Waals surface area (Å²) in [6.45, 7) is 3.63. The lowest BCUT2D eigenvalue weighted by atomic mass is 10.0. The van der Waals surface area contributed by atoms with Crippen LogP contribution >= 0.6 is 0 Å². The van der Waals surface area contributed by atoms with Gasteiger partial charge in [0.05, 0.1) is 0 Å². The van der Waals surface area contributed by atoms with Crippen molar-refractivity contribution in [2.45, 2.75) is 12.6 Å². The zero-order chi connectivity index (χ0) is 17.6. The molecule has 2 aromatic carbocycles. The maximum atomic E-state index is 13.3. The molecule has 2 aromatic rings. The number of hydrogen-bond acceptors (Lipinski definition) is 4. The lowest BCUT2D eigenvalue weighted by Gasteiger charge is -2.38.